The maximum atomic E-state index is 12.8. The van der Waals surface area contributed by atoms with Crippen LogP contribution in [0, 0.1) is 5.92 Å². The lowest BCUT2D eigenvalue weighted by Crippen LogP contribution is -2.27. The number of hydrogen-bond acceptors (Lipinski definition) is 1. The molecule has 1 fully saturated rings. The van der Waals surface area contributed by atoms with Crippen LogP contribution in [0.15, 0.2) is 41.2 Å². The molecule has 0 spiro atoms. The predicted octanol–water partition coefficient (Wildman–Crippen LogP) is 4.18. The van der Waals surface area contributed by atoms with Gasteiger partial charge in [0.1, 0.15) is 0 Å². The molecular formula is C18H23ClN2O. The largest absolute Gasteiger partial charge is 0.329 e. The molecular weight excluding hydrogens is 296 g/mol. The van der Waals surface area contributed by atoms with E-state index in [9.17, 15) is 4.79 Å². The molecule has 118 valence electrons. The fourth-order valence-corrected chi connectivity index (χ4v) is 3.62. The van der Waals surface area contributed by atoms with E-state index in [1.165, 1.54) is 32.1 Å². The van der Waals surface area contributed by atoms with E-state index >= 15 is 0 Å². The number of imidazole rings is 1. The number of rotatable bonds is 5. The van der Waals surface area contributed by atoms with E-state index < -0.39 is 0 Å². The fourth-order valence-electron chi connectivity index (χ4n) is 3.50. The number of alkyl halides is 1. The smallest absolute Gasteiger partial charge is 0.292 e. The van der Waals surface area contributed by atoms with Crippen molar-refractivity contribution >= 4 is 22.6 Å². The lowest BCUT2D eigenvalue weighted by atomic mass is 9.89. The highest BCUT2D eigenvalue weighted by Crippen LogP contribution is 2.26. The fraction of sp³-hybridized carbons (Fsp3) is 0.500. The van der Waals surface area contributed by atoms with Gasteiger partial charge in [-0.1, -0.05) is 43.5 Å². The van der Waals surface area contributed by atoms with Crippen molar-refractivity contribution in [2.24, 2.45) is 5.92 Å². The first kappa shape index (κ1) is 15.4. The molecule has 1 aromatic carbocycles. The van der Waals surface area contributed by atoms with Crippen molar-refractivity contribution in [2.45, 2.75) is 45.2 Å². The van der Waals surface area contributed by atoms with Gasteiger partial charge in [-0.15, -0.1) is 11.6 Å². The Hall–Kier alpha value is -1.48. The normalized spacial score (nSPS) is 16.8. The summed E-state index contributed by atoms with van der Waals surface area (Å²) in [5, 5.41) is 0. The molecule has 1 aromatic heterocycles. The molecule has 0 aliphatic heterocycles. The zero-order chi connectivity index (χ0) is 15.4. The van der Waals surface area contributed by atoms with Gasteiger partial charge in [0.05, 0.1) is 11.0 Å². The van der Waals surface area contributed by atoms with Crippen molar-refractivity contribution < 1.29 is 0 Å². The van der Waals surface area contributed by atoms with Gasteiger partial charge in [0.25, 0.3) is 0 Å². The highest BCUT2D eigenvalue weighted by molar-refractivity contribution is 6.18. The number of hydrogen-bond donors (Lipinski definition) is 0. The second-order valence-electron chi connectivity index (χ2n) is 6.12. The summed E-state index contributed by atoms with van der Waals surface area (Å²) in [6.45, 7) is 1.44. The van der Waals surface area contributed by atoms with Gasteiger partial charge < -0.3 is 0 Å². The average Bonchev–Trinajstić information content (AvgIpc) is 2.82. The Kier molecular flexibility index (Phi) is 5.04. The summed E-state index contributed by atoms with van der Waals surface area (Å²) in [6, 6.07) is 8.09. The zero-order valence-corrected chi connectivity index (χ0v) is 13.6. The summed E-state index contributed by atoms with van der Waals surface area (Å²) in [4.78, 5) is 12.8. The Labute approximate surface area is 136 Å². The van der Waals surface area contributed by atoms with Gasteiger partial charge in [-0.05, 0) is 30.9 Å². The molecule has 2 aromatic rings. The third-order valence-electron chi connectivity index (χ3n) is 4.63. The van der Waals surface area contributed by atoms with Crippen LogP contribution in [0.1, 0.15) is 32.1 Å². The van der Waals surface area contributed by atoms with Crippen LogP contribution in [0.3, 0.4) is 0 Å². The topological polar surface area (TPSA) is 26.9 Å². The lowest BCUT2D eigenvalue weighted by Gasteiger charge is -2.21. The number of para-hydroxylation sites is 2. The molecule has 0 atom stereocenters. The Morgan fingerprint density at radius 2 is 1.73 bits per heavy atom. The van der Waals surface area contributed by atoms with Crippen molar-refractivity contribution in [3.8, 4) is 0 Å². The standard InChI is InChI=1S/C18H23ClN2O/c19-12-6-7-13-20-16-10-4-5-11-17(16)21(18(20)22)14-15-8-2-1-3-9-15/h4-7,10-11,15H,1-3,8-9,12-14H2/b7-6+. The van der Waals surface area contributed by atoms with E-state index in [4.69, 9.17) is 11.6 Å². The van der Waals surface area contributed by atoms with E-state index in [-0.39, 0.29) is 5.69 Å². The monoisotopic (exact) mass is 318 g/mol. The molecule has 3 nitrogen and oxygen atoms in total. The summed E-state index contributed by atoms with van der Waals surface area (Å²) >= 11 is 5.68. The van der Waals surface area contributed by atoms with E-state index in [0.717, 1.165) is 17.6 Å². The molecule has 1 saturated carbocycles. The zero-order valence-electron chi connectivity index (χ0n) is 12.9. The molecule has 1 aliphatic carbocycles. The first-order valence-corrected chi connectivity index (χ1v) is 8.73. The maximum Gasteiger partial charge on any atom is 0.329 e. The average molecular weight is 319 g/mol. The summed E-state index contributed by atoms with van der Waals surface area (Å²) in [7, 11) is 0. The summed E-state index contributed by atoms with van der Waals surface area (Å²) in [5.41, 5.74) is 2.17. The van der Waals surface area contributed by atoms with Crippen LogP contribution < -0.4 is 5.69 Å². The van der Waals surface area contributed by atoms with E-state index in [0.29, 0.717) is 18.3 Å². The summed E-state index contributed by atoms with van der Waals surface area (Å²) < 4.78 is 3.82. The van der Waals surface area contributed by atoms with Gasteiger partial charge in [-0.25, -0.2) is 4.79 Å². The van der Waals surface area contributed by atoms with Crippen LogP contribution in [0.25, 0.3) is 11.0 Å². The molecule has 0 amide bonds. The van der Waals surface area contributed by atoms with Crippen molar-refractivity contribution in [3.05, 3.63) is 46.9 Å². The number of fused-ring (bicyclic) bond motifs is 1. The van der Waals surface area contributed by atoms with Gasteiger partial charge in [0.15, 0.2) is 0 Å². The minimum absolute atomic E-state index is 0.103. The van der Waals surface area contributed by atoms with Crippen molar-refractivity contribution in [3.63, 3.8) is 0 Å². The number of halogens is 1. The van der Waals surface area contributed by atoms with Crippen molar-refractivity contribution in [1.29, 1.82) is 0 Å². The van der Waals surface area contributed by atoms with E-state index in [1.807, 2.05) is 39.5 Å². The van der Waals surface area contributed by atoms with E-state index in [2.05, 4.69) is 6.07 Å². The van der Waals surface area contributed by atoms with Crippen LogP contribution >= 0.6 is 11.6 Å². The molecule has 1 heterocycles. The summed E-state index contributed by atoms with van der Waals surface area (Å²) in [6.07, 6.45) is 10.3. The highest BCUT2D eigenvalue weighted by atomic mass is 35.5. The molecule has 0 radical (unpaired) electrons. The molecule has 4 heteroatoms. The van der Waals surface area contributed by atoms with Gasteiger partial charge in [-0.2, -0.15) is 0 Å². The van der Waals surface area contributed by atoms with Crippen molar-refractivity contribution in [2.75, 3.05) is 5.88 Å². The minimum Gasteiger partial charge on any atom is -0.292 e. The maximum absolute atomic E-state index is 12.8. The van der Waals surface area contributed by atoms with Gasteiger partial charge in [0.2, 0.25) is 0 Å². The Balaban J connectivity index is 1.96. The Morgan fingerprint density at radius 3 is 2.41 bits per heavy atom. The second-order valence-corrected chi connectivity index (χ2v) is 6.43. The molecule has 22 heavy (non-hydrogen) atoms. The van der Waals surface area contributed by atoms with Crippen LogP contribution in [0.4, 0.5) is 0 Å². The third-order valence-corrected chi connectivity index (χ3v) is 4.81. The highest BCUT2D eigenvalue weighted by Gasteiger charge is 2.18. The van der Waals surface area contributed by atoms with Gasteiger partial charge in [-0.3, -0.25) is 9.13 Å². The molecule has 0 bridgehead atoms. The lowest BCUT2D eigenvalue weighted by molar-refractivity contribution is 0.318. The first-order valence-electron chi connectivity index (χ1n) is 8.20. The van der Waals surface area contributed by atoms with Crippen LogP contribution in [-0.2, 0) is 13.1 Å². The Bertz CT molecular complexity index is 707. The van der Waals surface area contributed by atoms with Gasteiger partial charge >= 0.3 is 5.69 Å². The molecule has 0 saturated heterocycles. The summed E-state index contributed by atoms with van der Waals surface area (Å²) in [5.74, 6) is 1.12. The first-order chi connectivity index (χ1) is 10.8. The third kappa shape index (κ3) is 3.14. The number of aromatic nitrogens is 2. The van der Waals surface area contributed by atoms with Crippen LogP contribution in [0.2, 0.25) is 0 Å². The van der Waals surface area contributed by atoms with Gasteiger partial charge in [0, 0.05) is 19.0 Å². The molecule has 1 aliphatic rings. The van der Waals surface area contributed by atoms with Crippen LogP contribution in [-0.4, -0.2) is 15.0 Å². The Morgan fingerprint density at radius 1 is 1.05 bits per heavy atom. The number of allylic oxidation sites excluding steroid dienone is 2. The second kappa shape index (κ2) is 7.19. The van der Waals surface area contributed by atoms with Crippen molar-refractivity contribution in [1.82, 2.24) is 9.13 Å². The van der Waals surface area contributed by atoms with E-state index in [1.54, 1.807) is 0 Å². The molecule has 0 unspecified atom stereocenters. The SMILES string of the molecule is O=c1n(C/C=C/CCl)c2ccccc2n1CC1CCCCC1. The predicted molar refractivity (Wildman–Crippen MR) is 92.6 cm³/mol. The van der Waals surface area contributed by atoms with Crippen LogP contribution in [0.5, 0.6) is 0 Å². The minimum atomic E-state index is 0.103. The number of benzene rings is 1. The quantitative estimate of drug-likeness (QED) is 0.600. The molecule has 0 N–H and O–H groups in total. The number of nitrogens with zero attached hydrogens (tertiary/aromatic N) is 2. The molecule has 3 rings (SSSR count).